The Bertz CT molecular complexity index is 774. The maximum Gasteiger partial charge on any atom is 0.433 e. The van der Waals surface area contributed by atoms with Crippen LogP contribution < -0.4 is 10.6 Å². The van der Waals surface area contributed by atoms with Gasteiger partial charge in [0.1, 0.15) is 5.69 Å². The molecule has 2 aromatic rings. The van der Waals surface area contributed by atoms with Crippen LogP contribution in [0.4, 0.5) is 13.2 Å². The van der Waals surface area contributed by atoms with Gasteiger partial charge in [-0.1, -0.05) is 18.2 Å². The van der Waals surface area contributed by atoms with E-state index < -0.39 is 11.9 Å². The maximum absolute atomic E-state index is 12.8. The van der Waals surface area contributed by atoms with E-state index in [1.165, 1.54) is 18.2 Å². The lowest BCUT2D eigenvalue weighted by Crippen LogP contribution is -2.45. The van der Waals surface area contributed by atoms with Crippen molar-refractivity contribution in [1.82, 2.24) is 15.6 Å². The fourth-order valence-corrected chi connectivity index (χ4v) is 2.63. The van der Waals surface area contributed by atoms with E-state index in [0.717, 1.165) is 12.6 Å². The Morgan fingerprint density at radius 3 is 2.81 bits per heavy atom. The highest BCUT2D eigenvalue weighted by Crippen LogP contribution is 2.29. The molecule has 1 aromatic carbocycles. The number of aromatic nitrogens is 1. The third-order valence-electron chi connectivity index (χ3n) is 3.95. The molecule has 26 heavy (non-hydrogen) atoms. The standard InChI is InChI=1S/C18H18F3N3O2/c19-18(20,21)16-6-2-5-15(24-16)12-3-1-4-13(9-12)17(25)23-11-14-10-22-7-8-26-14/h1-6,9,14,22H,7-8,10-11H2,(H,23,25)/t14-/m1/s1. The van der Waals surface area contributed by atoms with Gasteiger partial charge in [0.05, 0.1) is 18.4 Å². The number of halogens is 3. The van der Waals surface area contributed by atoms with Crippen molar-refractivity contribution >= 4 is 5.91 Å². The van der Waals surface area contributed by atoms with Crippen LogP contribution in [0.2, 0.25) is 0 Å². The highest BCUT2D eigenvalue weighted by Gasteiger charge is 2.32. The molecule has 0 aliphatic carbocycles. The Labute approximate surface area is 148 Å². The van der Waals surface area contributed by atoms with Crippen molar-refractivity contribution in [2.24, 2.45) is 0 Å². The zero-order chi connectivity index (χ0) is 18.6. The minimum Gasteiger partial charge on any atom is -0.374 e. The number of rotatable bonds is 4. The van der Waals surface area contributed by atoms with E-state index in [9.17, 15) is 18.0 Å². The highest BCUT2D eigenvalue weighted by molar-refractivity contribution is 5.95. The van der Waals surface area contributed by atoms with Crippen molar-refractivity contribution in [1.29, 1.82) is 0 Å². The molecule has 2 N–H and O–H groups in total. The van der Waals surface area contributed by atoms with Crippen LogP contribution in [0.1, 0.15) is 16.1 Å². The molecule has 8 heteroatoms. The molecule has 0 saturated carbocycles. The fraction of sp³-hybridized carbons (Fsp3) is 0.333. The molecule has 1 amide bonds. The summed E-state index contributed by atoms with van der Waals surface area (Å²) in [4.78, 5) is 16.0. The minimum absolute atomic E-state index is 0.0963. The first-order chi connectivity index (χ1) is 12.4. The van der Waals surface area contributed by atoms with Gasteiger partial charge in [-0.15, -0.1) is 0 Å². The third kappa shape index (κ3) is 4.59. The SMILES string of the molecule is O=C(NC[C@H]1CNCCO1)c1cccc(-c2cccc(C(F)(F)F)n2)c1. The quantitative estimate of drug-likeness (QED) is 0.874. The Kier molecular flexibility index (Phi) is 5.53. The number of morpholine rings is 1. The lowest BCUT2D eigenvalue weighted by molar-refractivity contribution is -0.141. The molecule has 0 radical (unpaired) electrons. The molecule has 1 atom stereocenters. The minimum atomic E-state index is -4.51. The number of nitrogens with one attached hydrogen (secondary N) is 2. The molecule has 1 aromatic heterocycles. The Hall–Kier alpha value is -2.45. The van der Waals surface area contributed by atoms with E-state index in [4.69, 9.17) is 4.74 Å². The molecule has 0 bridgehead atoms. The van der Waals surface area contributed by atoms with Gasteiger partial charge in [0.15, 0.2) is 0 Å². The maximum atomic E-state index is 12.8. The molecular formula is C18H18F3N3O2. The molecule has 1 saturated heterocycles. The molecular weight excluding hydrogens is 347 g/mol. The average Bonchev–Trinajstić information content (AvgIpc) is 2.66. The van der Waals surface area contributed by atoms with Crippen LogP contribution in [0.3, 0.4) is 0 Å². The Balaban J connectivity index is 1.72. The monoisotopic (exact) mass is 365 g/mol. The first-order valence-corrected chi connectivity index (χ1v) is 8.19. The summed E-state index contributed by atoms with van der Waals surface area (Å²) in [6.07, 6.45) is -4.61. The molecule has 1 fully saturated rings. The summed E-state index contributed by atoms with van der Waals surface area (Å²) in [5, 5.41) is 5.95. The van der Waals surface area contributed by atoms with Gasteiger partial charge in [-0.3, -0.25) is 4.79 Å². The van der Waals surface area contributed by atoms with Gasteiger partial charge in [0.2, 0.25) is 0 Å². The van der Waals surface area contributed by atoms with E-state index in [2.05, 4.69) is 15.6 Å². The normalized spacial score (nSPS) is 17.7. The van der Waals surface area contributed by atoms with Crippen molar-refractivity contribution in [3.63, 3.8) is 0 Å². The summed E-state index contributed by atoms with van der Waals surface area (Å²) in [6.45, 7) is 2.40. The van der Waals surface area contributed by atoms with E-state index in [0.29, 0.717) is 30.8 Å². The molecule has 0 unspecified atom stereocenters. The van der Waals surface area contributed by atoms with Crippen molar-refractivity contribution in [3.05, 3.63) is 53.7 Å². The number of hydrogen-bond acceptors (Lipinski definition) is 4. The molecule has 3 rings (SSSR count). The van der Waals surface area contributed by atoms with Crippen LogP contribution >= 0.6 is 0 Å². The van der Waals surface area contributed by atoms with Crippen molar-refractivity contribution in [2.45, 2.75) is 12.3 Å². The summed E-state index contributed by atoms with van der Waals surface area (Å²) in [5.74, 6) is -0.312. The Morgan fingerprint density at radius 1 is 1.27 bits per heavy atom. The number of nitrogens with zero attached hydrogens (tertiary/aromatic N) is 1. The summed E-state index contributed by atoms with van der Waals surface area (Å²) >= 11 is 0. The first kappa shape index (κ1) is 18.3. The average molecular weight is 365 g/mol. The number of alkyl halides is 3. The Morgan fingerprint density at radius 2 is 2.08 bits per heavy atom. The van der Waals surface area contributed by atoms with Crippen molar-refractivity contribution in [3.8, 4) is 11.3 Å². The van der Waals surface area contributed by atoms with E-state index in [-0.39, 0.29) is 17.7 Å². The van der Waals surface area contributed by atoms with Crippen molar-refractivity contribution < 1.29 is 22.7 Å². The van der Waals surface area contributed by atoms with E-state index in [1.54, 1.807) is 18.2 Å². The van der Waals surface area contributed by atoms with Crippen LogP contribution in [-0.4, -0.2) is 43.2 Å². The molecule has 138 valence electrons. The van der Waals surface area contributed by atoms with Crippen LogP contribution in [0.5, 0.6) is 0 Å². The lowest BCUT2D eigenvalue weighted by atomic mass is 10.1. The smallest absolute Gasteiger partial charge is 0.374 e. The van der Waals surface area contributed by atoms with Gasteiger partial charge in [-0.05, 0) is 24.3 Å². The van der Waals surface area contributed by atoms with Gasteiger partial charge in [-0.2, -0.15) is 13.2 Å². The number of carbonyl (C=O) groups excluding carboxylic acids is 1. The molecule has 5 nitrogen and oxygen atoms in total. The van der Waals surface area contributed by atoms with E-state index in [1.807, 2.05) is 0 Å². The number of hydrogen-bond donors (Lipinski definition) is 2. The highest BCUT2D eigenvalue weighted by atomic mass is 19.4. The summed E-state index contributed by atoms with van der Waals surface area (Å²) in [5.41, 5.74) is -0.00842. The van der Waals surface area contributed by atoms with Gasteiger partial charge >= 0.3 is 6.18 Å². The summed E-state index contributed by atoms with van der Waals surface area (Å²) < 4.78 is 44.0. The summed E-state index contributed by atoms with van der Waals surface area (Å²) in [6, 6.07) is 10.1. The summed E-state index contributed by atoms with van der Waals surface area (Å²) in [7, 11) is 0. The third-order valence-corrected chi connectivity index (χ3v) is 3.95. The predicted octanol–water partition coefficient (Wildman–Crippen LogP) is 2.49. The second-order valence-corrected chi connectivity index (χ2v) is 5.89. The zero-order valence-corrected chi connectivity index (χ0v) is 13.8. The number of pyridine rings is 1. The molecule has 1 aliphatic rings. The van der Waals surface area contributed by atoms with Gasteiger partial charge < -0.3 is 15.4 Å². The second-order valence-electron chi connectivity index (χ2n) is 5.89. The van der Waals surface area contributed by atoms with Gasteiger partial charge in [-0.25, -0.2) is 4.98 Å². The largest absolute Gasteiger partial charge is 0.433 e. The number of ether oxygens (including phenoxy) is 1. The van der Waals surface area contributed by atoms with Crippen LogP contribution in [0.25, 0.3) is 11.3 Å². The molecule has 2 heterocycles. The topological polar surface area (TPSA) is 63.2 Å². The first-order valence-electron chi connectivity index (χ1n) is 8.19. The number of carbonyl (C=O) groups is 1. The predicted molar refractivity (Wildman–Crippen MR) is 89.6 cm³/mol. The number of amides is 1. The van der Waals surface area contributed by atoms with Crippen LogP contribution in [0, 0.1) is 0 Å². The fourth-order valence-electron chi connectivity index (χ4n) is 2.63. The molecule has 1 aliphatic heterocycles. The van der Waals surface area contributed by atoms with Crippen molar-refractivity contribution in [2.75, 3.05) is 26.2 Å². The lowest BCUT2D eigenvalue weighted by Gasteiger charge is -2.23. The van der Waals surface area contributed by atoms with Crippen LogP contribution in [-0.2, 0) is 10.9 Å². The number of benzene rings is 1. The van der Waals surface area contributed by atoms with Crippen LogP contribution in [0.15, 0.2) is 42.5 Å². The van der Waals surface area contributed by atoms with Gasteiger partial charge in [0.25, 0.3) is 5.91 Å². The molecule has 0 spiro atoms. The van der Waals surface area contributed by atoms with E-state index >= 15 is 0 Å². The van der Waals surface area contributed by atoms with Gasteiger partial charge in [0, 0.05) is 30.8 Å². The second kappa shape index (κ2) is 7.84. The zero-order valence-electron chi connectivity index (χ0n) is 13.8.